The van der Waals surface area contributed by atoms with E-state index in [0.29, 0.717) is 27.4 Å². The van der Waals surface area contributed by atoms with Gasteiger partial charge in [-0.1, -0.05) is 35.9 Å². The minimum atomic E-state index is -3.95. The molecule has 1 heterocycles. The fourth-order valence-corrected chi connectivity index (χ4v) is 4.14. The van der Waals surface area contributed by atoms with Gasteiger partial charge in [0.25, 0.3) is 15.9 Å². The first-order valence-corrected chi connectivity index (χ1v) is 11.6. The summed E-state index contributed by atoms with van der Waals surface area (Å²) in [6, 6.07) is 21.5. The van der Waals surface area contributed by atoms with E-state index in [1.54, 1.807) is 73.8 Å². The Morgan fingerprint density at radius 2 is 1.76 bits per heavy atom. The number of nitrogens with zero attached hydrogens (tertiary/aromatic N) is 1. The number of rotatable bonds is 7. The number of hydrazine groups is 1. The largest absolute Gasteiger partial charge is 0.497 e. The molecule has 0 unspecified atom stereocenters. The number of benzene rings is 3. The van der Waals surface area contributed by atoms with Crippen LogP contribution in [0.25, 0.3) is 10.9 Å². The zero-order valence-corrected chi connectivity index (χ0v) is 18.9. The number of halogens is 1. The molecule has 0 saturated carbocycles. The van der Waals surface area contributed by atoms with Crippen molar-refractivity contribution in [2.75, 3.05) is 12.4 Å². The molecule has 0 aliphatic heterocycles. The maximum absolute atomic E-state index is 13.0. The van der Waals surface area contributed by atoms with Gasteiger partial charge in [0.1, 0.15) is 11.6 Å². The van der Waals surface area contributed by atoms with Gasteiger partial charge >= 0.3 is 0 Å². The molecule has 0 aliphatic rings. The van der Waals surface area contributed by atoms with Gasteiger partial charge in [-0.2, -0.15) is 0 Å². The lowest BCUT2D eigenvalue weighted by atomic mass is 10.1. The number of fused-ring (bicyclic) bond motifs is 1. The van der Waals surface area contributed by atoms with Crippen LogP contribution in [-0.2, 0) is 10.0 Å². The van der Waals surface area contributed by atoms with Crippen molar-refractivity contribution in [2.45, 2.75) is 4.90 Å². The molecule has 0 aliphatic carbocycles. The molecule has 33 heavy (non-hydrogen) atoms. The summed E-state index contributed by atoms with van der Waals surface area (Å²) in [6.45, 7) is 0. The highest BCUT2D eigenvalue weighted by atomic mass is 35.5. The van der Waals surface area contributed by atoms with E-state index in [9.17, 15) is 13.2 Å². The van der Waals surface area contributed by atoms with Crippen LogP contribution in [-0.4, -0.2) is 26.4 Å². The highest BCUT2D eigenvalue weighted by molar-refractivity contribution is 7.89. The Labute approximate surface area is 195 Å². The van der Waals surface area contributed by atoms with Gasteiger partial charge in [0, 0.05) is 22.2 Å². The standard InChI is InChI=1S/C23H19ClN4O4S/c1-32-18-11-10-15-12-20(23(29)27-28-33(30,31)19-8-3-2-4-9-19)22(26-21(15)14-18)25-17-7-5-6-16(24)13-17/h2-14,28H,1H3,(H,25,26)(H,27,29). The van der Waals surface area contributed by atoms with Crippen molar-refractivity contribution in [3.63, 3.8) is 0 Å². The summed E-state index contributed by atoms with van der Waals surface area (Å²) < 4.78 is 30.2. The summed E-state index contributed by atoms with van der Waals surface area (Å²) >= 11 is 6.07. The van der Waals surface area contributed by atoms with E-state index in [0.717, 1.165) is 0 Å². The van der Waals surface area contributed by atoms with Crippen LogP contribution in [0.3, 0.4) is 0 Å². The molecule has 0 saturated heterocycles. The van der Waals surface area contributed by atoms with E-state index in [1.807, 2.05) is 0 Å². The minimum absolute atomic E-state index is 0.0197. The molecule has 4 rings (SSSR count). The SMILES string of the molecule is COc1ccc2cc(C(=O)NNS(=O)(=O)c3ccccc3)c(Nc3cccc(Cl)c3)nc2c1. The van der Waals surface area contributed by atoms with E-state index in [4.69, 9.17) is 16.3 Å². The second kappa shape index (κ2) is 9.45. The molecule has 8 nitrogen and oxygen atoms in total. The number of carbonyl (C=O) groups is 1. The van der Waals surface area contributed by atoms with E-state index in [2.05, 4.69) is 20.6 Å². The third-order valence-corrected chi connectivity index (χ3v) is 6.21. The Morgan fingerprint density at radius 1 is 0.970 bits per heavy atom. The topological polar surface area (TPSA) is 109 Å². The summed E-state index contributed by atoms with van der Waals surface area (Å²) in [5, 5.41) is 4.25. The predicted octanol–water partition coefficient (Wildman–Crippen LogP) is 4.26. The average molecular weight is 483 g/mol. The number of anilines is 2. The average Bonchev–Trinajstić information content (AvgIpc) is 2.82. The Morgan fingerprint density at radius 3 is 2.48 bits per heavy atom. The molecule has 4 aromatic rings. The smallest absolute Gasteiger partial charge is 0.270 e. The minimum Gasteiger partial charge on any atom is -0.497 e. The normalized spacial score (nSPS) is 11.2. The van der Waals surface area contributed by atoms with Crippen molar-refractivity contribution in [1.82, 2.24) is 15.2 Å². The second-order valence-electron chi connectivity index (χ2n) is 6.95. The van der Waals surface area contributed by atoms with Gasteiger partial charge in [-0.15, -0.1) is 4.83 Å². The molecule has 1 aromatic heterocycles. The van der Waals surface area contributed by atoms with Gasteiger partial charge in [0.15, 0.2) is 0 Å². The van der Waals surface area contributed by atoms with Crippen molar-refractivity contribution in [1.29, 1.82) is 0 Å². The third kappa shape index (κ3) is 5.23. The number of amides is 1. The highest BCUT2D eigenvalue weighted by Crippen LogP contribution is 2.27. The summed E-state index contributed by atoms with van der Waals surface area (Å²) in [5.41, 5.74) is 3.57. The number of hydrogen-bond acceptors (Lipinski definition) is 6. The number of hydrogen-bond donors (Lipinski definition) is 3. The maximum Gasteiger partial charge on any atom is 0.270 e. The first kappa shape index (κ1) is 22.5. The number of nitrogens with one attached hydrogen (secondary N) is 3. The zero-order chi connectivity index (χ0) is 23.4. The van der Waals surface area contributed by atoms with Crippen molar-refractivity contribution < 1.29 is 17.9 Å². The Bertz CT molecular complexity index is 1430. The summed E-state index contributed by atoms with van der Waals surface area (Å²) in [7, 11) is -2.40. The molecule has 0 bridgehead atoms. The second-order valence-corrected chi connectivity index (χ2v) is 9.07. The number of carbonyl (C=O) groups excluding carboxylic acids is 1. The molecule has 0 radical (unpaired) electrons. The lowest BCUT2D eigenvalue weighted by molar-refractivity contribution is 0.0946. The lowest BCUT2D eigenvalue weighted by Crippen LogP contribution is -2.41. The molecular formula is C23H19ClN4O4S. The van der Waals surface area contributed by atoms with E-state index in [1.165, 1.54) is 12.1 Å². The van der Waals surface area contributed by atoms with Crippen molar-refractivity contribution >= 4 is 49.9 Å². The van der Waals surface area contributed by atoms with Crippen molar-refractivity contribution in [3.05, 3.63) is 89.4 Å². The monoisotopic (exact) mass is 482 g/mol. The highest BCUT2D eigenvalue weighted by Gasteiger charge is 2.19. The molecule has 3 aromatic carbocycles. The van der Waals surface area contributed by atoms with Crippen LogP contribution >= 0.6 is 11.6 Å². The molecule has 1 amide bonds. The van der Waals surface area contributed by atoms with Crippen molar-refractivity contribution in [3.8, 4) is 5.75 Å². The third-order valence-electron chi connectivity index (χ3n) is 4.71. The van der Waals surface area contributed by atoms with Crippen LogP contribution in [0.5, 0.6) is 5.75 Å². The predicted molar refractivity (Wildman–Crippen MR) is 127 cm³/mol. The first-order chi connectivity index (χ1) is 15.9. The van der Waals surface area contributed by atoms with Gasteiger partial charge < -0.3 is 10.1 Å². The molecule has 0 spiro atoms. The van der Waals surface area contributed by atoms with Crippen LogP contribution in [0.2, 0.25) is 5.02 Å². The van der Waals surface area contributed by atoms with Gasteiger partial charge in [-0.05, 0) is 48.5 Å². The van der Waals surface area contributed by atoms with E-state index >= 15 is 0 Å². The summed E-state index contributed by atoms with van der Waals surface area (Å²) in [4.78, 5) is 19.7. The van der Waals surface area contributed by atoms with Crippen molar-refractivity contribution in [2.24, 2.45) is 0 Å². The van der Waals surface area contributed by atoms with Gasteiger partial charge in [-0.25, -0.2) is 13.4 Å². The van der Waals surface area contributed by atoms with Crippen LogP contribution in [0, 0.1) is 0 Å². The van der Waals surface area contributed by atoms with Crippen LogP contribution in [0.15, 0.2) is 83.8 Å². The number of pyridine rings is 1. The lowest BCUT2D eigenvalue weighted by Gasteiger charge is -2.14. The van der Waals surface area contributed by atoms with Gasteiger partial charge in [0.2, 0.25) is 0 Å². The van der Waals surface area contributed by atoms with Crippen LogP contribution in [0.4, 0.5) is 11.5 Å². The Kier molecular flexibility index (Phi) is 6.45. The number of aromatic nitrogens is 1. The number of methoxy groups -OCH3 is 1. The van der Waals surface area contributed by atoms with Gasteiger partial charge in [0.05, 0.1) is 23.1 Å². The Balaban J connectivity index is 1.69. The number of sulfonamides is 1. The summed E-state index contributed by atoms with van der Waals surface area (Å²) in [6.07, 6.45) is 0. The summed E-state index contributed by atoms with van der Waals surface area (Å²) in [5.74, 6) is 0.134. The van der Waals surface area contributed by atoms with Crippen LogP contribution in [0.1, 0.15) is 10.4 Å². The zero-order valence-electron chi connectivity index (χ0n) is 17.4. The molecular weight excluding hydrogens is 464 g/mol. The quantitative estimate of drug-likeness (QED) is 0.339. The molecule has 0 fully saturated rings. The Hall–Kier alpha value is -3.66. The molecule has 3 N–H and O–H groups in total. The molecule has 168 valence electrons. The fourth-order valence-electron chi connectivity index (χ4n) is 3.08. The van der Waals surface area contributed by atoms with E-state index in [-0.39, 0.29) is 16.3 Å². The molecule has 10 heteroatoms. The first-order valence-electron chi connectivity index (χ1n) is 9.74. The number of ether oxygens (including phenoxy) is 1. The maximum atomic E-state index is 13.0. The van der Waals surface area contributed by atoms with Crippen LogP contribution < -0.4 is 20.3 Å². The fraction of sp³-hybridized carbons (Fsp3) is 0.0435. The van der Waals surface area contributed by atoms with Gasteiger partial charge in [-0.3, -0.25) is 10.2 Å². The molecule has 0 atom stereocenters. The van der Waals surface area contributed by atoms with E-state index < -0.39 is 15.9 Å².